The highest BCUT2D eigenvalue weighted by Gasteiger charge is 2.13. The largest absolute Gasteiger partial charge is 0.478 e. The average Bonchev–Trinajstić information content (AvgIpc) is 2.26. The molecule has 2 N–H and O–H groups in total. The molecule has 0 aliphatic carbocycles. The van der Waals surface area contributed by atoms with Gasteiger partial charge in [0.25, 0.3) is 0 Å². The number of carbonyl (C=O) groups is 2. The molecule has 6 heteroatoms. The summed E-state index contributed by atoms with van der Waals surface area (Å²) in [6, 6.07) is 4.17. The molecule has 1 amide bonds. The Labute approximate surface area is 110 Å². The number of halogens is 1. The van der Waals surface area contributed by atoms with Gasteiger partial charge in [-0.05, 0) is 32.0 Å². The number of carboxylic acids is 1. The Balaban J connectivity index is 2.79. The number of amides is 1. The molecule has 0 atom stereocenters. The summed E-state index contributed by atoms with van der Waals surface area (Å²) >= 11 is 5.76. The van der Waals surface area contributed by atoms with Gasteiger partial charge in [0, 0.05) is 5.02 Å². The predicted octanol–water partition coefficient (Wildman–Crippen LogP) is 2.40. The minimum Gasteiger partial charge on any atom is -0.478 e. The molecule has 0 spiro atoms. The zero-order chi connectivity index (χ0) is 13.7. The average molecular weight is 272 g/mol. The first-order chi connectivity index (χ1) is 8.40. The van der Waals surface area contributed by atoms with E-state index in [1.54, 1.807) is 13.8 Å². The smallest absolute Gasteiger partial charge is 0.337 e. The molecule has 18 heavy (non-hydrogen) atoms. The van der Waals surface area contributed by atoms with Gasteiger partial charge in [-0.2, -0.15) is 0 Å². The van der Waals surface area contributed by atoms with Crippen LogP contribution < -0.4 is 5.32 Å². The first-order valence-corrected chi connectivity index (χ1v) is 5.72. The van der Waals surface area contributed by atoms with Gasteiger partial charge in [-0.25, -0.2) is 4.79 Å². The number of anilines is 1. The van der Waals surface area contributed by atoms with Crippen molar-refractivity contribution in [3.8, 4) is 0 Å². The van der Waals surface area contributed by atoms with Crippen molar-refractivity contribution in [1.29, 1.82) is 0 Å². The summed E-state index contributed by atoms with van der Waals surface area (Å²) in [6.07, 6.45) is -0.0749. The summed E-state index contributed by atoms with van der Waals surface area (Å²) in [5.74, 6) is -1.56. The molecule has 0 heterocycles. The van der Waals surface area contributed by atoms with Crippen LogP contribution in [-0.2, 0) is 9.53 Å². The van der Waals surface area contributed by atoms with Crippen LogP contribution in [0.2, 0.25) is 5.02 Å². The van der Waals surface area contributed by atoms with Gasteiger partial charge in [0.2, 0.25) is 5.91 Å². The lowest BCUT2D eigenvalue weighted by molar-refractivity contribution is -0.121. The Hall–Kier alpha value is -1.59. The van der Waals surface area contributed by atoms with Crippen LogP contribution in [-0.4, -0.2) is 29.7 Å². The van der Waals surface area contributed by atoms with E-state index in [0.717, 1.165) is 0 Å². The first kappa shape index (κ1) is 14.5. The Kier molecular flexibility index (Phi) is 5.12. The molecule has 0 saturated carbocycles. The van der Waals surface area contributed by atoms with Gasteiger partial charge in [-0.3, -0.25) is 4.79 Å². The van der Waals surface area contributed by atoms with Gasteiger partial charge < -0.3 is 15.2 Å². The molecule has 0 bridgehead atoms. The standard InChI is InChI=1S/C12H14ClNO4/c1-7(2)18-6-11(15)14-10-5-8(13)3-4-9(10)12(16)17/h3-5,7H,6H2,1-2H3,(H,14,15)(H,16,17). The molecule has 0 saturated heterocycles. The Morgan fingerprint density at radius 3 is 2.67 bits per heavy atom. The van der Waals surface area contributed by atoms with Crippen LogP contribution in [0.15, 0.2) is 18.2 Å². The van der Waals surface area contributed by atoms with Crippen LogP contribution in [0.1, 0.15) is 24.2 Å². The van der Waals surface area contributed by atoms with E-state index in [1.807, 2.05) is 0 Å². The second-order valence-electron chi connectivity index (χ2n) is 3.90. The summed E-state index contributed by atoms with van der Waals surface area (Å²) in [7, 11) is 0. The van der Waals surface area contributed by atoms with Crippen molar-refractivity contribution < 1.29 is 19.4 Å². The van der Waals surface area contributed by atoms with Crippen molar-refractivity contribution in [2.45, 2.75) is 20.0 Å². The highest BCUT2D eigenvalue weighted by Crippen LogP contribution is 2.21. The number of nitrogens with one attached hydrogen (secondary N) is 1. The van der Waals surface area contributed by atoms with E-state index in [1.165, 1.54) is 18.2 Å². The maximum Gasteiger partial charge on any atom is 0.337 e. The lowest BCUT2D eigenvalue weighted by Crippen LogP contribution is -2.21. The molecule has 0 unspecified atom stereocenters. The number of carbonyl (C=O) groups excluding carboxylic acids is 1. The topological polar surface area (TPSA) is 75.6 Å². The Morgan fingerprint density at radius 2 is 2.11 bits per heavy atom. The first-order valence-electron chi connectivity index (χ1n) is 5.34. The molecular weight excluding hydrogens is 258 g/mol. The molecule has 1 aromatic rings. The molecule has 0 fully saturated rings. The normalized spacial score (nSPS) is 10.4. The van der Waals surface area contributed by atoms with Crippen molar-refractivity contribution in [2.24, 2.45) is 0 Å². The number of hydrogen-bond donors (Lipinski definition) is 2. The fraction of sp³-hybridized carbons (Fsp3) is 0.333. The number of rotatable bonds is 5. The number of carboxylic acid groups (broad SMARTS) is 1. The van der Waals surface area contributed by atoms with E-state index in [4.69, 9.17) is 21.4 Å². The van der Waals surface area contributed by atoms with Gasteiger partial charge >= 0.3 is 5.97 Å². The molecule has 1 aromatic carbocycles. The molecule has 0 radical (unpaired) electrons. The number of benzene rings is 1. The lowest BCUT2D eigenvalue weighted by Gasteiger charge is -2.10. The summed E-state index contributed by atoms with van der Waals surface area (Å²) < 4.78 is 5.11. The van der Waals surface area contributed by atoms with Crippen molar-refractivity contribution in [3.05, 3.63) is 28.8 Å². The van der Waals surface area contributed by atoms with Crippen LogP contribution >= 0.6 is 11.6 Å². The van der Waals surface area contributed by atoms with Gasteiger partial charge in [0.15, 0.2) is 0 Å². The van der Waals surface area contributed by atoms with Crippen LogP contribution in [0.25, 0.3) is 0 Å². The monoisotopic (exact) mass is 271 g/mol. The maximum atomic E-state index is 11.5. The van der Waals surface area contributed by atoms with E-state index in [0.29, 0.717) is 5.02 Å². The lowest BCUT2D eigenvalue weighted by atomic mass is 10.2. The fourth-order valence-corrected chi connectivity index (χ4v) is 1.41. The predicted molar refractivity (Wildman–Crippen MR) is 68.1 cm³/mol. The van der Waals surface area contributed by atoms with Crippen LogP contribution in [0, 0.1) is 0 Å². The van der Waals surface area contributed by atoms with Crippen molar-refractivity contribution in [3.63, 3.8) is 0 Å². The van der Waals surface area contributed by atoms with E-state index < -0.39 is 11.9 Å². The van der Waals surface area contributed by atoms with Crippen molar-refractivity contribution >= 4 is 29.2 Å². The third-order valence-electron chi connectivity index (χ3n) is 2.03. The number of ether oxygens (including phenoxy) is 1. The maximum absolute atomic E-state index is 11.5. The van der Waals surface area contributed by atoms with E-state index in [-0.39, 0.29) is 24.0 Å². The van der Waals surface area contributed by atoms with Crippen LogP contribution in [0.3, 0.4) is 0 Å². The van der Waals surface area contributed by atoms with Crippen LogP contribution in [0.5, 0.6) is 0 Å². The summed E-state index contributed by atoms with van der Waals surface area (Å²) in [5, 5.41) is 11.8. The zero-order valence-corrected chi connectivity index (χ0v) is 10.8. The SMILES string of the molecule is CC(C)OCC(=O)Nc1cc(Cl)ccc1C(=O)O. The van der Waals surface area contributed by atoms with Gasteiger partial charge in [0.1, 0.15) is 6.61 Å². The van der Waals surface area contributed by atoms with Crippen LogP contribution in [0.4, 0.5) is 5.69 Å². The van der Waals surface area contributed by atoms with Gasteiger partial charge in [-0.15, -0.1) is 0 Å². The second-order valence-corrected chi connectivity index (χ2v) is 4.34. The second kappa shape index (κ2) is 6.37. The molecule has 5 nitrogen and oxygen atoms in total. The van der Waals surface area contributed by atoms with Gasteiger partial charge in [-0.1, -0.05) is 11.6 Å². The van der Waals surface area contributed by atoms with E-state index in [9.17, 15) is 9.59 Å². The van der Waals surface area contributed by atoms with E-state index >= 15 is 0 Å². The molecule has 1 rings (SSSR count). The van der Waals surface area contributed by atoms with Crippen molar-refractivity contribution in [1.82, 2.24) is 0 Å². The summed E-state index contributed by atoms with van der Waals surface area (Å²) in [4.78, 5) is 22.5. The molecule has 0 aliphatic rings. The number of hydrogen-bond acceptors (Lipinski definition) is 3. The summed E-state index contributed by atoms with van der Waals surface area (Å²) in [5.41, 5.74) is 0.143. The minimum absolute atomic E-state index is 0.0164. The minimum atomic E-state index is -1.13. The third kappa shape index (κ3) is 4.35. The number of aromatic carboxylic acids is 1. The van der Waals surface area contributed by atoms with Gasteiger partial charge in [0.05, 0.1) is 17.4 Å². The Morgan fingerprint density at radius 1 is 1.44 bits per heavy atom. The molecule has 0 aliphatic heterocycles. The highest BCUT2D eigenvalue weighted by molar-refractivity contribution is 6.31. The molecule has 0 aromatic heterocycles. The summed E-state index contributed by atoms with van der Waals surface area (Å²) in [6.45, 7) is 3.47. The molecule has 98 valence electrons. The van der Waals surface area contributed by atoms with E-state index in [2.05, 4.69) is 5.32 Å². The fourth-order valence-electron chi connectivity index (χ4n) is 1.24. The highest BCUT2D eigenvalue weighted by atomic mass is 35.5. The Bertz CT molecular complexity index is 459. The zero-order valence-electron chi connectivity index (χ0n) is 10.1. The van der Waals surface area contributed by atoms with Crippen molar-refractivity contribution in [2.75, 3.05) is 11.9 Å². The third-order valence-corrected chi connectivity index (χ3v) is 2.27. The quantitative estimate of drug-likeness (QED) is 0.862. The molecular formula is C12H14ClNO4.